The molecule has 0 spiro atoms. The number of amides is 1. The molecule has 0 radical (unpaired) electrons. The van der Waals surface area contributed by atoms with Gasteiger partial charge in [0.2, 0.25) is 0 Å². The number of aromatic nitrogens is 2. The molecular formula is C18H23N3O4. The SMILES string of the molecule is COc1ccccc1CC(CNC(=O)c1ccn(C(C)C)n1)C(=O)O. The number of methoxy groups -OCH3 is 1. The van der Waals surface area contributed by atoms with Crippen LogP contribution in [0.25, 0.3) is 0 Å². The fourth-order valence-corrected chi connectivity index (χ4v) is 2.44. The molecule has 0 bridgehead atoms. The molecule has 25 heavy (non-hydrogen) atoms. The van der Waals surface area contributed by atoms with Crippen LogP contribution in [0.2, 0.25) is 0 Å². The molecule has 0 aliphatic carbocycles. The van der Waals surface area contributed by atoms with E-state index in [1.54, 1.807) is 30.1 Å². The second-order valence-electron chi connectivity index (χ2n) is 6.04. The van der Waals surface area contributed by atoms with Crippen LogP contribution in [0.15, 0.2) is 36.5 Å². The van der Waals surface area contributed by atoms with Gasteiger partial charge in [0.05, 0.1) is 13.0 Å². The predicted octanol–water partition coefficient (Wildman–Crippen LogP) is 2.15. The second kappa shape index (κ2) is 8.32. The number of carboxylic acids is 1. The molecule has 7 heteroatoms. The zero-order chi connectivity index (χ0) is 18.4. The first-order valence-corrected chi connectivity index (χ1v) is 8.10. The number of benzene rings is 1. The largest absolute Gasteiger partial charge is 0.496 e. The van der Waals surface area contributed by atoms with E-state index < -0.39 is 11.9 Å². The Kier molecular flexibility index (Phi) is 6.16. The molecule has 0 aliphatic rings. The fourth-order valence-electron chi connectivity index (χ4n) is 2.44. The van der Waals surface area contributed by atoms with Crippen molar-refractivity contribution >= 4 is 11.9 Å². The first-order valence-electron chi connectivity index (χ1n) is 8.10. The van der Waals surface area contributed by atoms with Crippen LogP contribution in [0.1, 0.15) is 35.9 Å². The van der Waals surface area contributed by atoms with Gasteiger partial charge < -0.3 is 15.2 Å². The summed E-state index contributed by atoms with van der Waals surface area (Å²) in [5.41, 5.74) is 1.06. The summed E-state index contributed by atoms with van der Waals surface area (Å²) in [4.78, 5) is 23.7. The Labute approximate surface area is 146 Å². The highest BCUT2D eigenvalue weighted by Crippen LogP contribution is 2.21. The van der Waals surface area contributed by atoms with Crippen molar-refractivity contribution in [2.75, 3.05) is 13.7 Å². The number of hydrogen-bond donors (Lipinski definition) is 2. The van der Waals surface area contributed by atoms with Crippen LogP contribution in [0.3, 0.4) is 0 Å². The molecule has 2 N–H and O–H groups in total. The van der Waals surface area contributed by atoms with Crippen LogP contribution in [-0.4, -0.2) is 40.4 Å². The average molecular weight is 345 g/mol. The maximum atomic E-state index is 12.2. The highest BCUT2D eigenvalue weighted by molar-refractivity contribution is 5.92. The summed E-state index contributed by atoms with van der Waals surface area (Å²) < 4.78 is 6.93. The third-order valence-electron chi connectivity index (χ3n) is 3.89. The van der Waals surface area contributed by atoms with Crippen LogP contribution in [0.5, 0.6) is 5.75 Å². The van der Waals surface area contributed by atoms with Crippen molar-refractivity contribution in [3.63, 3.8) is 0 Å². The van der Waals surface area contributed by atoms with Gasteiger partial charge in [-0.05, 0) is 38.0 Å². The van der Waals surface area contributed by atoms with E-state index in [1.165, 1.54) is 0 Å². The Bertz CT molecular complexity index is 739. The number of carbonyl (C=O) groups is 2. The molecule has 0 saturated heterocycles. The van der Waals surface area contributed by atoms with Gasteiger partial charge >= 0.3 is 5.97 Å². The molecule has 1 amide bonds. The Morgan fingerprint density at radius 3 is 2.60 bits per heavy atom. The first-order chi connectivity index (χ1) is 11.9. The monoisotopic (exact) mass is 345 g/mol. The van der Waals surface area contributed by atoms with Crippen LogP contribution in [0.4, 0.5) is 0 Å². The lowest BCUT2D eigenvalue weighted by atomic mass is 9.98. The quantitative estimate of drug-likeness (QED) is 0.764. The highest BCUT2D eigenvalue weighted by atomic mass is 16.5. The lowest BCUT2D eigenvalue weighted by Crippen LogP contribution is -2.34. The number of para-hydroxylation sites is 1. The number of aliphatic carboxylic acids is 1. The third-order valence-corrected chi connectivity index (χ3v) is 3.89. The molecule has 0 saturated carbocycles. The van der Waals surface area contributed by atoms with E-state index in [0.29, 0.717) is 5.75 Å². The van der Waals surface area contributed by atoms with E-state index in [-0.39, 0.29) is 30.6 Å². The molecule has 2 aromatic rings. The van der Waals surface area contributed by atoms with Gasteiger partial charge in [0.25, 0.3) is 5.91 Å². The number of hydrogen-bond acceptors (Lipinski definition) is 4. The van der Waals surface area contributed by atoms with E-state index in [0.717, 1.165) is 5.56 Å². The first kappa shape index (κ1) is 18.5. The van der Waals surface area contributed by atoms with Crippen LogP contribution >= 0.6 is 0 Å². The summed E-state index contributed by atoms with van der Waals surface area (Å²) >= 11 is 0. The molecule has 1 unspecified atom stereocenters. The number of rotatable bonds is 8. The van der Waals surface area contributed by atoms with Crippen molar-refractivity contribution in [2.45, 2.75) is 26.3 Å². The zero-order valence-corrected chi connectivity index (χ0v) is 14.6. The smallest absolute Gasteiger partial charge is 0.308 e. The molecule has 1 heterocycles. The van der Waals surface area contributed by atoms with Crippen LogP contribution < -0.4 is 10.1 Å². The minimum absolute atomic E-state index is 0.0146. The number of ether oxygens (including phenoxy) is 1. The standard InChI is InChI=1S/C18H23N3O4/c1-12(2)21-9-8-15(20-21)17(22)19-11-14(18(23)24)10-13-6-4-5-7-16(13)25-3/h4-9,12,14H,10-11H2,1-3H3,(H,19,22)(H,23,24). The summed E-state index contributed by atoms with van der Waals surface area (Å²) in [6.45, 7) is 3.94. The van der Waals surface area contributed by atoms with Gasteiger partial charge in [-0.3, -0.25) is 14.3 Å². The lowest BCUT2D eigenvalue weighted by molar-refractivity contribution is -0.141. The average Bonchev–Trinajstić information content (AvgIpc) is 3.08. The van der Waals surface area contributed by atoms with Crippen molar-refractivity contribution in [3.05, 3.63) is 47.8 Å². The molecule has 1 aromatic heterocycles. The van der Waals surface area contributed by atoms with Gasteiger partial charge in [0, 0.05) is 18.8 Å². The summed E-state index contributed by atoms with van der Waals surface area (Å²) in [6, 6.07) is 9.02. The summed E-state index contributed by atoms with van der Waals surface area (Å²) in [5, 5.41) is 16.3. The molecule has 134 valence electrons. The summed E-state index contributed by atoms with van der Waals surface area (Å²) in [7, 11) is 1.54. The van der Waals surface area contributed by atoms with Crippen molar-refractivity contribution < 1.29 is 19.4 Å². The molecule has 0 fully saturated rings. The second-order valence-corrected chi connectivity index (χ2v) is 6.04. The van der Waals surface area contributed by atoms with Crippen LogP contribution in [0, 0.1) is 5.92 Å². The Morgan fingerprint density at radius 1 is 1.28 bits per heavy atom. The molecule has 1 atom stereocenters. The van der Waals surface area contributed by atoms with Gasteiger partial charge in [0.1, 0.15) is 11.4 Å². The minimum Gasteiger partial charge on any atom is -0.496 e. The van der Waals surface area contributed by atoms with Crippen molar-refractivity contribution in [2.24, 2.45) is 5.92 Å². The lowest BCUT2D eigenvalue weighted by Gasteiger charge is -2.15. The molecule has 0 aliphatic heterocycles. The minimum atomic E-state index is -0.973. The maximum Gasteiger partial charge on any atom is 0.308 e. The normalized spacial score (nSPS) is 12.0. The van der Waals surface area contributed by atoms with Gasteiger partial charge in [-0.2, -0.15) is 5.10 Å². The summed E-state index contributed by atoms with van der Waals surface area (Å²) in [6.07, 6.45) is 1.99. The Morgan fingerprint density at radius 2 is 2.00 bits per heavy atom. The Balaban J connectivity index is 2.01. The third kappa shape index (κ3) is 4.82. The van der Waals surface area contributed by atoms with Crippen LogP contribution in [-0.2, 0) is 11.2 Å². The molecule has 7 nitrogen and oxygen atoms in total. The molecular weight excluding hydrogens is 322 g/mol. The number of nitrogens with zero attached hydrogens (tertiary/aromatic N) is 2. The van der Waals surface area contributed by atoms with E-state index in [2.05, 4.69) is 10.4 Å². The maximum absolute atomic E-state index is 12.2. The van der Waals surface area contributed by atoms with Crippen molar-refractivity contribution in [1.29, 1.82) is 0 Å². The van der Waals surface area contributed by atoms with Crippen molar-refractivity contribution in [3.8, 4) is 5.75 Å². The van der Waals surface area contributed by atoms with E-state index in [4.69, 9.17) is 4.74 Å². The molecule has 1 aromatic carbocycles. The van der Waals surface area contributed by atoms with Crippen molar-refractivity contribution in [1.82, 2.24) is 15.1 Å². The highest BCUT2D eigenvalue weighted by Gasteiger charge is 2.21. The summed E-state index contributed by atoms with van der Waals surface area (Å²) in [5.74, 6) is -1.48. The van der Waals surface area contributed by atoms with Gasteiger partial charge in [-0.15, -0.1) is 0 Å². The van der Waals surface area contributed by atoms with Gasteiger partial charge in [0.15, 0.2) is 0 Å². The van der Waals surface area contributed by atoms with E-state index in [1.807, 2.05) is 32.0 Å². The Hall–Kier alpha value is -2.83. The molecule has 2 rings (SSSR count). The number of carboxylic acid groups (broad SMARTS) is 1. The number of carbonyl (C=O) groups excluding carboxylic acids is 1. The fraction of sp³-hybridized carbons (Fsp3) is 0.389. The number of nitrogens with one attached hydrogen (secondary N) is 1. The van der Waals surface area contributed by atoms with Gasteiger partial charge in [-0.1, -0.05) is 18.2 Å². The zero-order valence-electron chi connectivity index (χ0n) is 14.6. The topological polar surface area (TPSA) is 93.5 Å². The van der Waals surface area contributed by atoms with E-state index in [9.17, 15) is 14.7 Å². The van der Waals surface area contributed by atoms with E-state index >= 15 is 0 Å². The van der Waals surface area contributed by atoms with Gasteiger partial charge in [-0.25, -0.2) is 0 Å². The predicted molar refractivity (Wildman–Crippen MR) is 92.8 cm³/mol.